The van der Waals surface area contributed by atoms with E-state index in [0.717, 1.165) is 10.2 Å². The maximum Gasteiger partial charge on any atom is 0.354 e. The Balaban J connectivity index is 1.61. The second kappa shape index (κ2) is 6.91. The van der Waals surface area contributed by atoms with Crippen LogP contribution >= 0.6 is 0 Å². The lowest BCUT2D eigenvalue weighted by Gasteiger charge is -2.04. The molecule has 2 aromatic heterocycles. The van der Waals surface area contributed by atoms with E-state index in [4.69, 9.17) is 5.11 Å². The van der Waals surface area contributed by atoms with E-state index in [0.29, 0.717) is 6.54 Å². The van der Waals surface area contributed by atoms with Crippen molar-refractivity contribution in [3.63, 3.8) is 0 Å². The van der Waals surface area contributed by atoms with E-state index in [9.17, 15) is 14.0 Å². The summed E-state index contributed by atoms with van der Waals surface area (Å²) >= 11 is 0. The number of aromatic carboxylic acids is 1. The molecule has 2 heterocycles. The van der Waals surface area contributed by atoms with Gasteiger partial charge in [0.15, 0.2) is 0 Å². The Morgan fingerprint density at radius 3 is 2.68 bits per heavy atom. The van der Waals surface area contributed by atoms with Crippen LogP contribution in [0.15, 0.2) is 42.9 Å². The molecule has 0 bridgehead atoms. The Hall–Kier alpha value is -3.56. The fraction of sp³-hybridized carbons (Fsp3) is 0.133. The fourth-order valence-electron chi connectivity index (χ4n) is 2.15. The summed E-state index contributed by atoms with van der Waals surface area (Å²) in [7, 11) is 0. The second-order valence-electron chi connectivity index (χ2n) is 5.12. The third-order valence-corrected chi connectivity index (χ3v) is 3.27. The summed E-state index contributed by atoms with van der Waals surface area (Å²) in [5.74, 6) is -1.93. The molecule has 9 nitrogen and oxygen atoms in total. The lowest BCUT2D eigenvalue weighted by atomic mass is 10.2. The third kappa shape index (κ3) is 4.05. The van der Waals surface area contributed by atoms with Crippen molar-refractivity contribution in [2.75, 3.05) is 5.32 Å². The van der Waals surface area contributed by atoms with Crippen LogP contribution < -0.4 is 5.32 Å². The van der Waals surface area contributed by atoms with E-state index in [1.807, 2.05) is 0 Å². The minimum atomic E-state index is -1.17. The van der Waals surface area contributed by atoms with Crippen LogP contribution in [0.1, 0.15) is 16.1 Å². The molecule has 0 aliphatic heterocycles. The predicted octanol–water partition coefficient (Wildman–Crippen LogP) is 0.999. The lowest BCUT2D eigenvalue weighted by molar-refractivity contribution is -0.117. The van der Waals surface area contributed by atoms with Gasteiger partial charge in [0.05, 0.1) is 6.54 Å². The third-order valence-electron chi connectivity index (χ3n) is 3.27. The van der Waals surface area contributed by atoms with Crippen molar-refractivity contribution >= 4 is 17.8 Å². The number of carbonyl (C=O) groups is 2. The first-order chi connectivity index (χ1) is 12.0. The molecule has 0 spiro atoms. The molecule has 1 aromatic carbocycles. The fourth-order valence-corrected chi connectivity index (χ4v) is 2.15. The Morgan fingerprint density at radius 2 is 1.96 bits per heavy atom. The normalized spacial score (nSPS) is 10.6. The van der Waals surface area contributed by atoms with Crippen molar-refractivity contribution in [3.8, 4) is 0 Å². The van der Waals surface area contributed by atoms with Gasteiger partial charge in [0.25, 0.3) is 0 Å². The van der Waals surface area contributed by atoms with Crippen LogP contribution in [-0.2, 0) is 17.9 Å². The number of nitrogens with one attached hydrogen (secondary N) is 1. The van der Waals surface area contributed by atoms with E-state index in [2.05, 4.69) is 20.5 Å². The first-order valence-corrected chi connectivity index (χ1v) is 7.20. The van der Waals surface area contributed by atoms with Crippen molar-refractivity contribution in [1.82, 2.24) is 24.5 Å². The Bertz CT molecular complexity index is 902. The lowest BCUT2D eigenvalue weighted by Crippen LogP contribution is -2.22. The van der Waals surface area contributed by atoms with Gasteiger partial charge in [-0.05, 0) is 23.8 Å². The topological polar surface area (TPSA) is 115 Å². The molecule has 0 saturated carbocycles. The van der Waals surface area contributed by atoms with Gasteiger partial charge in [-0.3, -0.25) is 10.1 Å². The molecule has 0 radical (unpaired) electrons. The van der Waals surface area contributed by atoms with Gasteiger partial charge >= 0.3 is 5.97 Å². The molecule has 3 aromatic rings. The second-order valence-corrected chi connectivity index (χ2v) is 5.12. The largest absolute Gasteiger partial charge is 0.477 e. The smallest absolute Gasteiger partial charge is 0.354 e. The molecular formula is C15H13FN6O3. The summed E-state index contributed by atoms with van der Waals surface area (Å²) in [6, 6.07) is 7.24. The minimum absolute atomic E-state index is 0.0798. The molecule has 2 N–H and O–H groups in total. The molecule has 0 aliphatic carbocycles. The molecule has 0 saturated heterocycles. The molecule has 0 unspecified atom stereocenters. The van der Waals surface area contributed by atoms with Crippen molar-refractivity contribution < 1.29 is 19.1 Å². The number of nitrogens with zero attached hydrogens (tertiary/aromatic N) is 5. The first-order valence-electron chi connectivity index (χ1n) is 7.20. The Kier molecular flexibility index (Phi) is 4.50. The van der Waals surface area contributed by atoms with Crippen molar-refractivity contribution in [2.24, 2.45) is 0 Å². The quantitative estimate of drug-likeness (QED) is 0.689. The highest BCUT2D eigenvalue weighted by molar-refractivity contribution is 5.90. The number of hydrogen-bond donors (Lipinski definition) is 2. The maximum absolute atomic E-state index is 12.9. The standard InChI is InChI=1S/C15H13FN6O3/c16-11-3-1-10(2-4-11)7-21-9-17-15(20-21)19-13(23)8-22-12(14(24)25)5-6-18-22/h1-6,9H,7-8H2,(H,24,25)(H,19,20,23). The number of aromatic nitrogens is 5. The van der Waals surface area contributed by atoms with E-state index < -0.39 is 11.9 Å². The van der Waals surface area contributed by atoms with Gasteiger partial charge in [0.1, 0.15) is 24.4 Å². The number of hydrogen-bond acceptors (Lipinski definition) is 5. The number of benzene rings is 1. The summed E-state index contributed by atoms with van der Waals surface area (Å²) < 4.78 is 15.4. The highest BCUT2D eigenvalue weighted by Gasteiger charge is 2.14. The van der Waals surface area contributed by atoms with Crippen LogP contribution in [0.25, 0.3) is 0 Å². The summed E-state index contributed by atoms with van der Waals surface area (Å²) in [5.41, 5.74) is 0.733. The molecule has 0 aliphatic rings. The van der Waals surface area contributed by atoms with Crippen LogP contribution in [0.3, 0.4) is 0 Å². The number of amides is 1. The molecule has 1 amide bonds. The van der Waals surface area contributed by atoms with Gasteiger partial charge in [0, 0.05) is 6.20 Å². The zero-order valence-electron chi connectivity index (χ0n) is 12.8. The number of carboxylic acids is 1. The van der Waals surface area contributed by atoms with Crippen LogP contribution in [0.5, 0.6) is 0 Å². The van der Waals surface area contributed by atoms with Gasteiger partial charge in [-0.25, -0.2) is 23.5 Å². The van der Waals surface area contributed by atoms with Crippen LogP contribution in [0.4, 0.5) is 10.3 Å². The van der Waals surface area contributed by atoms with Gasteiger partial charge < -0.3 is 5.11 Å². The minimum Gasteiger partial charge on any atom is -0.477 e. The number of rotatable bonds is 6. The van der Waals surface area contributed by atoms with Gasteiger partial charge in [0.2, 0.25) is 11.9 Å². The highest BCUT2D eigenvalue weighted by Crippen LogP contribution is 2.06. The number of carboxylic acid groups (broad SMARTS) is 1. The van der Waals surface area contributed by atoms with Gasteiger partial charge in [-0.2, -0.15) is 5.10 Å². The van der Waals surface area contributed by atoms with Crippen molar-refractivity contribution in [1.29, 1.82) is 0 Å². The molecule has 10 heteroatoms. The van der Waals surface area contributed by atoms with Gasteiger partial charge in [-0.1, -0.05) is 12.1 Å². The first kappa shape index (κ1) is 16.3. The van der Waals surface area contributed by atoms with Crippen molar-refractivity contribution in [3.05, 3.63) is 59.9 Å². The zero-order valence-corrected chi connectivity index (χ0v) is 12.8. The molecule has 0 fully saturated rings. The summed E-state index contributed by atoms with van der Waals surface area (Å²) in [4.78, 5) is 26.9. The Labute approximate surface area is 140 Å². The molecule has 0 atom stereocenters. The average molecular weight is 344 g/mol. The van der Waals surface area contributed by atoms with Gasteiger partial charge in [-0.15, -0.1) is 5.10 Å². The SMILES string of the molecule is O=C(Cn1nccc1C(=O)O)Nc1ncn(Cc2ccc(F)cc2)n1. The summed E-state index contributed by atoms with van der Waals surface area (Å²) in [6.07, 6.45) is 2.72. The average Bonchev–Trinajstić information content (AvgIpc) is 3.19. The highest BCUT2D eigenvalue weighted by atomic mass is 19.1. The monoisotopic (exact) mass is 344 g/mol. The van der Waals surface area contributed by atoms with Crippen LogP contribution in [-0.4, -0.2) is 41.5 Å². The van der Waals surface area contributed by atoms with Crippen molar-refractivity contribution in [2.45, 2.75) is 13.1 Å². The molecule has 25 heavy (non-hydrogen) atoms. The predicted molar refractivity (Wildman–Crippen MR) is 83.3 cm³/mol. The molecule has 128 valence electrons. The van der Waals surface area contributed by atoms with E-state index >= 15 is 0 Å². The summed E-state index contributed by atoms with van der Waals surface area (Å²) in [5, 5.41) is 19.3. The van der Waals surface area contributed by atoms with Crippen LogP contribution in [0, 0.1) is 5.82 Å². The van der Waals surface area contributed by atoms with E-state index in [1.54, 1.807) is 12.1 Å². The van der Waals surface area contributed by atoms with Crippen LogP contribution in [0.2, 0.25) is 0 Å². The Morgan fingerprint density at radius 1 is 1.20 bits per heavy atom. The number of halogens is 1. The zero-order chi connectivity index (χ0) is 17.8. The number of carbonyl (C=O) groups excluding carboxylic acids is 1. The van der Waals surface area contributed by atoms with E-state index in [1.165, 1.54) is 35.4 Å². The number of anilines is 1. The maximum atomic E-state index is 12.9. The molecule has 3 rings (SSSR count). The van der Waals surface area contributed by atoms with E-state index in [-0.39, 0.29) is 24.0 Å². The molecular weight excluding hydrogens is 331 g/mol. The summed E-state index contributed by atoms with van der Waals surface area (Å²) in [6.45, 7) is 0.0899.